The van der Waals surface area contributed by atoms with E-state index in [-0.39, 0.29) is 30.5 Å². The molecule has 0 radical (unpaired) electrons. The van der Waals surface area contributed by atoms with Crippen LogP contribution in [0.25, 0.3) is 0 Å². The molecule has 0 unspecified atom stereocenters. The molecule has 0 aromatic heterocycles. The van der Waals surface area contributed by atoms with Crippen molar-refractivity contribution in [2.45, 2.75) is 32.9 Å². The van der Waals surface area contributed by atoms with E-state index < -0.39 is 34.3 Å². The van der Waals surface area contributed by atoms with Gasteiger partial charge in [0.25, 0.3) is 0 Å². The summed E-state index contributed by atoms with van der Waals surface area (Å²) in [6.07, 6.45) is 1.18. The number of nitrogens with zero attached hydrogens (tertiary/aromatic N) is 2. The van der Waals surface area contributed by atoms with E-state index >= 15 is 0 Å². The fourth-order valence-electron chi connectivity index (χ4n) is 4.01. The molecule has 3 aromatic carbocycles. The Balaban J connectivity index is 2.05. The summed E-state index contributed by atoms with van der Waals surface area (Å²) in [5.74, 6) is -1.33. The Morgan fingerprint density at radius 1 is 0.949 bits per heavy atom. The topological polar surface area (TPSA) is 86.8 Å². The van der Waals surface area contributed by atoms with Crippen molar-refractivity contribution in [2.24, 2.45) is 5.92 Å². The van der Waals surface area contributed by atoms with Gasteiger partial charge in [-0.25, -0.2) is 12.8 Å². The maximum atomic E-state index is 14.0. The first-order valence-corrected chi connectivity index (χ1v) is 14.8. The van der Waals surface area contributed by atoms with Crippen LogP contribution in [0.15, 0.2) is 78.9 Å². The fraction of sp³-hybridized carbons (Fsp3) is 0.310. The third-order valence-electron chi connectivity index (χ3n) is 6.05. The molecule has 7 nitrogen and oxygen atoms in total. The Bertz CT molecular complexity index is 1370. The van der Waals surface area contributed by atoms with Crippen molar-refractivity contribution in [1.82, 2.24) is 10.2 Å². The molecule has 2 amide bonds. The molecule has 3 aromatic rings. The van der Waals surface area contributed by atoms with Crippen LogP contribution in [0.2, 0.25) is 5.02 Å². The molecule has 0 saturated heterocycles. The van der Waals surface area contributed by atoms with Gasteiger partial charge in [-0.3, -0.25) is 13.9 Å². The maximum absolute atomic E-state index is 14.0. The maximum Gasteiger partial charge on any atom is 0.244 e. The van der Waals surface area contributed by atoms with Gasteiger partial charge in [0.1, 0.15) is 18.4 Å². The van der Waals surface area contributed by atoms with Crippen molar-refractivity contribution in [3.8, 4) is 0 Å². The van der Waals surface area contributed by atoms with Crippen LogP contribution in [0.1, 0.15) is 25.0 Å². The molecule has 0 fully saturated rings. The van der Waals surface area contributed by atoms with Gasteiger partial charge in [0.05, 0.1) is 11.9 Å². The lowest BCUT2D eigenvalue weighted by Gasteiger charge is -2.33. The molecule has 3 rings (SSSR count). The SMILES string of the molecule is CC(C)CNC(=O)[C@H](Cc1ccccc1)N(Cc1ccccc1Cl)C(=O)CN(c1ccc(F)cc1)S(C)(=O)=O. The number of amides is 2. The second-order valence-corrected chi connectivity index (χ2v) is 12.0. The smallest absolute Gasteiger partial charge is 0.244 e. The standard InChI is InChI=1S/C29H33ClFN3O4S/c1-21(2)18-32-29(36)27(17-22-9-5-4-6-10-22)33(19-23-11-7-8-12-26(23)30)28(35)20-34(39(3,37)38)25-15-13-24(31)14-16-25/h4-16,21,27H,17-20H2,1-3H3,(H,32,36)/t27-/m0/s1. The van der Waals surface area contributed by atoms with E-state index in [1.165, 1.54) is 17.0 Å². The van der Waals surface area contributed by atoms with Crippen LogP contribution in [0.4, 0.5) is 10.1 Å². The van der Waals surface area contributed by atoms with Crippen LogP contribution < -0.4 is 9.62 Å². The number of benzene rings is 3. The summed E-state index contributed by atoms with van der Waals surface area (Å²) < 4.78 is 39.9. The predicted molar refractivity (Wildman–Crippen MR) is 152 cm³/mol. The zero-order chi connectivity index (χ0) is 28.6. The molecule has 0 aliphatic carbocycles. The molecule has 0 bridgehead atoms. The van der Waals surface area contributed by atoms with Crippen LogP contribution in [-0.2, 0) is 32.6 Å². The van der Waals surface area contributed by atoms with E-state index in [1.807, 2.05) is 44.2 Å². The highest BCUT2D eigenvalue weighted by molar-refractivity contribution is 7.92. The highest BCUT2D eigenvalue weighted by atomic mass is 35.5. The summed E-state index contributed by atoms with van der Waals surface area (Å²) in [6, 6.07) is 20.1. The molecule has 39 heavy (non-hydrogen) atoms. The molecule has 10 heteroatoms. The lowest BCUT2D eigenvalue weighted by molar-refractivity contribution is -0.140. The third kappa shape index (κ3) is 8.80. The number of sulfonamides is 1. The van der Waals surface area contributed by atoms with Gasteiger partial charge in [-0.05, 0) is 47.4 Å². The molecule has 208 valence electrons. The number of hydrogen-bond acceptors (Lipinski definition) is 4. The summed E-state index contributed by atoms with van der Waals surface area (Å²) >= 11 is 6.43. The molecule has 1 atom stereocenters. The summed E-state index contributed by atoms with van der Waals surface area (Å²) in [6.45, 7) is 3.73. The first-order valence-electron chi connectivity index (χ1n) is 12.5. The molecular weight excluding hydrogens is 541 g/mol. The molecule has 0 heterocycles. The number of halogens is 2. The van der Waals surface area contributed by atoms with Gasteiger partial charge in [-0.2, -0.15) is 0 Å². The van der Waals surface area contributed by atoms with E-state index in [9.17, 15) is 22.4 Å². The lowest BCUT2D eigenvalue weighted by atomic mass is 10.0. The van der Waals surface area contributed by atoms with Crippen molar-refractivity contribution in [2.75, 3.05) is 23.7 Å². The number of rotatable bonds is 12. The second kappa shape index (κ2) is 13.6. The van der Waals surface area contributed by atoms with Gasteiger partial charge < -0.3 is 10.2 Å². The van der Waals surface area contributed by atoms with Gasteiger partial charge in [-0.15, -0.1) is 0 Å². The summed E-state index contributed by atoms with van der Waals surface area (Å²) in [4.78, 5) is 28.9. The Hall–Kier alpha value is -3.43. The van der Waals surface area contributed by atoms with Crippen LogP contribution in [0.3, 0.4) is 0 Å². The van der Waals surface area contributed by atoms with Crippen LogP contribution >= 0.6 is 11.6 Å². The highest BCUT2D eigenvalue weighted by Gasteiger charge is 2.33. The number of anilines is 1. The van der Waals surface area contributed by atoms with Crippen LogP contribution in [0.5, 0.6) is 0 Å². The van der Waals surface area contributed by atoms with Crippen molar-refractivity contribution in [3.63, 3.8) is 0 Å². The van der Waals surface area contributed by atoms with Crippen molar-refractivity contribution in [3.05, 3.63) is 101 Å². The van der Waals surface area contributed by atoms with E-state index in [1.54, 1.807) is 24.3 Å². The third-order valence-corrected chi connectivity index (χ3v) is 7.56. The largest absolute Gasteiger partial charge is 0.354 e. The first-order chi connectivity index (χ1) is 18.5. The first kappa shape index (κ1) is 30.1. The molecule has 0 aliphatic heterocycles. The van der Waals surface area contributed by atoms with Crippen LogP contribution in [0, 0.1) is 11.7 Å². The second-order valence-electron chi connectivity index (χ2n) is 9.70. The fourth-order valence-corrected chi connectivity index (χ4v) is 5.05. The Kier molecular flexibility index (Phi) is 10.5. The van der Waals surface area contributed by atoms with Crippen molar-refractivity contribution < 1.29 is 22.4 Å². The monoisotopic (exact) mass is 573 g/mol. The summed E-state index contributed by atoms with van der Waals surface area (Å²) in [5, 5.41) is 3.33. The molecule has 0 spiro atoms. The lowest BCUT2D eigenvalue weighted by Crippen LogP contribution is -2.53. The number of carbonyl (C=O) groups excluding carboxylic acids is 2. The van der Waals surface area contributed by atoms with Gasteiger partial charge >= 0.3 is 0 Å². The zero-order valence-electron chi connectivity index (χ0n) is 22.2. The average molecular weight is 574 g/mol. The number of hydrogen-bond donors (Lipinski definition) is 1. The minimum Gasteiger partial charge on any atom is -0.354 e. The molecule has 0 aliphatic rings. The van der Waals surface area contributed by atoms with E-state index in [0.717, 1.165) is 28.3 Å². The minimum atomic E-state index is -3.93. The Morgan fingerprint density at radius 2 is 1.56 bits per heavy atom. The highest BCUT2D eigenvalue weighted by Crippen LogP contribution is 2.23. The van der Waals surface area contributed by atoms with Gasteiger partial charge in [0.2, 0.25) is 21.8 Å². The summed E-state index contributed by atoms with van der Waals surface area (Å²) in [7, 11) is -3.93. The number of carbonyl (C=O) groups is 2. The normalized spacial score (nSPS) is 12.2. The van der Waals surface area contributed by atoms with Gasteiger partial charge in [0, 0.05) is 24.5 Å². The van der Waals surface area contributed by atoms with Crippen molar-refractivity contribution >= 4 is 39.1 Å². The minimum absolute atomic E-state index is 0.0217. The van der Waals surface area contributed by atoms with E-state index in [0.29, 0.717) is 17.1 Å². The average Bonchev–Trinajstić information content (AvgIpc) is 2.89. The van der Waals surface area contributed by atoms with E-state index in [4.69, 9.17) is 11.6 Å². The number of nitrogens with one attached hydrogen (secondary N) is 1. The Labute approximate surface area is 234 Å². The Morgan fingerprint density at radius 3 is 2.15 bits per heavy atom. The zero-order valence-corrected chi connectivity index (χ0v) is 23.8. The van der Waals surface area contributed by atoms with E-state index in [2.05, 4.69) is 5.32 Å². The molecule has 1 N–H and O–H groups in total. The quantitative estimate of drug-likeness (QED) is 0.341. The molecule has 0 saturated carbocycles. The summed E-state index contributed by atoms with van der Waals surface area (Å²) in [5.41, 5.74) is 1.57. The van der Waals surface area contributed by atoms with Gasteiger partial charge in [0.15, 0.2) is 0 Å². The predicted octanol–water partition coefficient (Wildman–Crippen LogP) is 4.66. The van der Waals surface area contributed by atoms with Crippen LogP contribution in [-0.4, -0.2) is 50.5 Å². The molecular formula is C29H33ClFN3O4S. The van der Waals surface area contributed by atoms with Crippen molar-refractivity contribution in [1.29, 1.82) is 0 Å². The van der Waals surface area contributed by atoms with Gasteiger partial charge in [-0.1, -0.05) is 74.0 Å².